The standard InChI is InChI=1S/C62H84N12O20S2/c1-32-28-74-52(53(32)83)58(88)64-27-41(78)25-43(65-54(84)35-8-10-36(11-9-35)59-69-70-60(95-59)37-12-14-40(15-13-37)72-21-19-71(20-22-72)39-5-3-4-6-39)55(85)66-49(33(2)77)61(89)73-29-42(79)26-44(73)56(86)67-50(47(82)23-34-7-16-45(80)48(24-34)92-96-94-93-91)57(87)68-51(62(74)90)46(81)17-18-63-38(30-75)31-76/h7-16,24,32-33,38-39,41-44,46-47,49-53,63,75-83,91H,3-6,17-23,25-31H2,1-2H3,(H,64,88)(H,65,84)(H,66,85)(H,67,86)(H,68,87)/t32-,33+,41+,42+,43-,44-,46+,47+,49-,50-,51-,52-,53-/m0/s1. The van der Waals surface area contributed by atoms with Crippen LogP contribution in [-0.4, -0.2) is 268 Å². The Hall–Kier alpha value is -7.26. The molecule has 1 aliphatic carbocycles. The molecule has 32 nitrogen and oxygen atoms in total. The van der Waals surface area contributed by atoms with Gasteiger partial charge >= 0.3 is 0 Å². The molecule has 1 saturated carbocycles. The minimum Gasteiger partial charge on any atom is -0.504 e. The maximum Gasteiger partial charge on any atom is 0.261 e. The van der Waals surface area contributed by atoms with Gasteiger partial charge in [0.25, 0.3) is 18.2 Å². The Kier molecular flexibility index (Phi) is 25.7. The van der Waals surface area contributed by atoms with Crippen LogP contribution in [0.2, 0.25) is 0 Å². The van der Waals surface area contributed by atoms with Gasteiger partial charge in [0, 0.05) is 99.4 Å². The van der Waals surface area contributed by atoms with Crippen LogP contribution >= 0.6 is 23.7 Å². The van der Waals surface area contributed by atoms with E-state index in [9.17, 15) is 79.5 Å². The van der Waals surface area contributed by atoms with Gasteiger partial charge in [-0.3, -0.25) is 38.5 Å². The lowest BCUT2D eigenvalue weighted by Crippen LogP contribution is -2.64. The molecule has 5 aliphatic rings. The second-order valence-electron chi connectivity index (χ2n) is 24.9. The van der Waals surface area contributed by atoms with E-state index in [1.807, 2.05) is 12.1 Å². The second kappa shape index (κ2) is 33.8. The highest BCUT2D eigenvalue weighted by atomic mass is 32.2. The lowest BCUT2D eigenvalue weighted by molar-refractivity contribution is -0.433. The molecular weight excluding hydrogens is 1300 g/mol. The fraction of sp³-hybridized carbons (Fsp3) is 0.565. The monoisotopic (exact) mass is 1380 g/mol. The quantitative estimate of drug-likeness (QED) is 0.0174. The van der Waals surface area contributed by atoms with E-state index in [1.165, 1.54) is 68.2 Å². The SMILES string of the molecule is C[C@@H](O)[C@@H]1NC(=O)[C@@H](NC(=O)c2ccc(-c3nnc(-c4ccc(N5CCN(C6CCCC6)CC5)cc4)s3)cc2)C[C@@H](O)CNC(=O)[C@@H]2[C@@H](O)[C@@H](C)CN2C(=O)[C@H]([C@H](O)CCNC(CO)CO)NC(=O)[C@H]([C@H](O)Cc2ccc(O)c(OSOOO)c2)NC(=O)[C@@H]2C[C@@H](O)CN2C1=O. The lowest BCUT2D eigenvalue weighted by Gasteiger charge is -2.39. The van der Waals surface area contributed by atoms with Gasteiger partial charge in [0.1, 0.15) is 46.3 Å². The van der Waals surface area contributed by atoms with Gasteiger partial charge in [0.05, 0.1) is 55.9 Å². The number of rotatable bonds is 21. The molecule has 0 bridgehead atoms. The van der Waals surface area contributed by atoms with E-state index < -0.39 is 184 Å². The van der Waals surface area contributed by atoms with Crippen LogP contribution in [0.25, 0.3) is 21.1 Å². The Morgan fingerprint density at radius 1 is 0.750 bits per heavy atom. The molecule has 16 N–H and O–H groups in total. The number of carbonyl (C=O) groups excluding carboxylic acids is 7. The maximum atomic E-state index is 15.0. The Morgan fingerprint density at radius 2 is 1.39 bits per heavy atom. The molecule has 4 aliphatic heterocycles. The van der Waals surface area contributed by atoms with Crippen molar-refractivity contribution in [2.24, 2.45) is 5.92 Å². The first-order chi connectivity index (χ1) is 46.0. The molecule has 524 valence electrons. The number of piperazine rings is 1. The first-order valence-corrected chi connectivity index (χ1v) is 33.3. The predicted octanol–water partition coefficient (Wildman–Crippen LogP) is -2.71. The van der Waals surface area contributed by atoms with Crippen LogP contribution in [0.4, 0.5) is 5.69 Å². The molecule has 0 radical (unpaired) electrons. The average Bonchev–Trinajstić information content (AvgIpc) is 1.47. The van der Waals surface area contributed by atoms with Crippen LogP contribution in [0.3, 0.4) is 0 Å². The first kappa shape index (κ1) is 73.0. The molecule has 96 heavy (non-hydrogen) atoms. The topological polar surface area (TPSA) is 460 Å². The number of aliphatic hydroxyl groups excluding tert-OH is 8. The molecule has 13 atom stereocenters. The number of aromatic hydroxyl groups is 1. The smallest absolute Gasteiger partial charge is 0.261 e. The van der Waals surface area contributed by atoms with Crippen molar-refractivity contribution in [3.63, 3.8) is 0 Å². The molecule has 5 fully saturated rings. The highest BCUT2D eigenvalue weighted by Crippen LogP contribution is 2.34. The van der Waals surface area contributed by atoms with Gasteiger partial charge in [-0.05, 0) is 86.8 Å². The van der Waals surface area contributed by atoms with Crippen molar-refractivity contribution in [1.29, 1.82) is 0 Å². The summed E-state index contributed by atoms with van der Waals surface area (Å²) in [4.78, 5) is 109. The number of anilines is 1. The molecule has 34 heteroatoms. The molecule has 9 rings (SSSR count). The molecule has 0 unspecified atom stereocenters. The average molecular weight is 1380 g/mol. The van der Waals surface area contributed by atoms with Crippen LogP contribution in [0.5, 0.6) is 11.5 Å². The molecule has 0 spiro atoms. The maximum absolute atomic E-state index is 15.0. The Morgan fingerprint density at radius 3 is 2.03 bits per heavy atom. The summed E-state index contributed by atoms with van der Waals surface area (Å²) in [6.45, 7) is 3.67. The van der Waals surface area contributed by atoms with Crippen molar-refractivity contribution >= 4 is 70.7 Å². The zero-order valence-corrected chi connectivity index (χ0v) is 54.4. The first-order valence-electron chi connectivity index (χ1n) is 31.9. The molecule has 3 aromatic carbocycles. The minimum absolute atomic E-state index is 0.0228. The van der Waals surface area contributed by atoms with E-state index in [2.05, 4.69) is 73.4 Å². The fourth-order valence-electron chi connectivity index (χ4n) is 12.8. The summed E-state index contributed by atoms with van der Waals surface area (Å²) in [6, 6.07) is 6.31. The Labute approximate surface area is 560 Å². The normalized spacial score (nSPS) is 26.5. The number of aliphatic hydroxyl groups is 8. The number of nitrogens with one attached hydrogen (secondary N) is 6. The third-order valence-corrected chi connectivity index (χ3v) is 19.5. The van der Waals surface area contributed by atoms with Crippen LogP contribution in [0, 0.1) is 5.92 Å². The summed E-state index contributed by atoms with van der Waals surface area (Å²) in [5.41, 5.74) is 2.73. The number of aromatic nitrogens is 2. The van der Waals surface area contributed by atoms with Crippen LogP contribution in [-0.2, 0) is 44.6 Å². The zero-order chi connectivity index (χ0) is 68.9. The summed E-state index contributed by atoms with van der Waals surface area (Å²) in [5.74, 6) is -9.58. The number of amides is 7. The van der Waals surface area contributed by atoms with Gasteiger partial charge in [-0.1, -0.05) is 58.7 Å². The van der Waals surface area contributed by atoms with Gasteiger partial charge in [-0.25, -0.2) is 5.26 Å². The third kappa shape index (κ3) is 18.1. The molecular formula is C62H84N12O20S2. The van der Waals surface area contributed by atoms with E-state index in [1.54, 1.807) is 12.1 Å². The lowest BCUT2D eigenvalue weighted by atomic mass is 9.98. The number of carbonyl (C=O) groups is 7. The van der Waals surface area contributed by atoms with Gasteiger partial charge in [-0.2, -0.15) is 0 Å². The molecule has 4 saturated heterocycles. The van der Waals surface area contributed by atoms with Crippen molar-refractivity contribution in [3.05, 3.63) is 77.9 Å². The number of nitrogens with zero attached hydrogens (tertiary/aromatic N) is 6. The van der Waals surface area contributed by atoms with Crippen molar-refractivity contribution in [3.8, 4) is 32.6 Å². The highest BCUT2D eigenvalue weighted by Gasteiger charge is 2.50. The Bertz CT molecular complexity index is 3310. The highest BCUT2D eigenvalue weighted by molar-refractivity contribution is 7.90. The zero-order valence-electron chi connectivity index (χ0n) is 52.8. The van der Waals surface area contributed by atoms with E-state index in [-0.39, 0.29) is 42.3 Å². The molecule has 1 aromatic heterocycles. The molecule has 4 aromatic rings. The van der Waals surface area contributed by atoms with Crippen LogP contribution in [0.1, 0.15) is 74.7 Å². The number of β-amino-alcohol motifs (C(OH)–C–C–N with tert-alkyl or cyclic N) is 1. The van der Waals surface area contributed by atoms with Crippen LogP contribution < -0.4 is 41.0 Å². The molecule has 5 heterocycles. The van der Waals surface area contributed by atoms with Crippen molar-refractivity contribution in [1.82, 2.24) is 56.8 Å². The van der Waals surface area contributed by atoms with E-state index in [4.69, 9.17) is 9.44 Å². The number of hydrogen-bond donors (Lipinski definition) is 16. The summed E-state index contributed by atoms with van der Waals surface area (Å²) in [6.07, 6.45) is -7.48. The van der Waals surface area contributed by atoms with Gasteiger partial charge in [0.15, 0.2) is 11.5 Å². The van der Waals surface area contributed by atoms with Crippen molar-refractivity contribution < 1.29 is 98.3 Å². The minimum atomic E-state index is -2.16. The van der Waals surface area contributed by atoms with Crippen molar-refractivity contribution in [2.75, 3.05) is 70.5 Å². The van der Waals surface area contributed by atoms with Gasteiger partial charge in [0.2, 0.25) is 35.4 Å². The third-order valence-electron chi connectivity index (χ3n) is 18.2. The van der Waals surface area contributed by atoms with Gasteiger partial charge < -0.3 is 96.7 Å². The second-order valence-corrected chi connectivity index (χ2v) is 26.3. The number of benzene rings is 3. The number of fused-ring (bicyclic) bond motifs is 2. The number of phenolic OH excluding ortho intramolecular Hbond substituents is 1. The number of phenols is 1. The van der Waals surface area contributed by atoms with E-state index in [0.29, 0.717) is 21.6 Å². The molecule has 7 amide bonds. The summed E-state index contributed by atoms with van der Waals surface area (Å²) >= 11 is 1.41. The van der Waals surface area contributed by atoms with E-state index in [0.717, 1.165) is 60.2 Å². The van der Waals surface area contributed by atoms with Crippen LogP contribution in [0.15, 0.2) is 66.7 Å². The largest absolute Gasteiger partial charge is 0.504 e. The summed E-state index contributed by atoms with van der Waals surface area (Å²) in [5, 5.41) is 136. The summed E-state index contributed by atoms with van der Waals surface area (Å²) < 4.78 is 9.37. The summed E-state index contributed by atoms with van der Waals surface area (Å²) in [7, 11) is 0. The van der Waals surface area contributed by atoms with E-state index >= 15 is 0 Å². The van der Waals surface area contributed by atoms with Crippen molar-refractivity contribution in [2.45, 2.75) is 150 Å². The number of hydrogen-bond acceptors (Lipinski definition) is 27. The Balaban J connectivity index is 0.975. The fourth-order valence-corrected chi connectivity index (χ4v) is 13.9. The predicted molar refractivity (Wildman–Crippen MR) is 343 cm³/mol. The van der Waals surface area contributed by atoms with Gasteiger partial charge in [-0.15, -0.1) is 10.2 Å².